The third-order valence-electron chi connectivity index (χ3n) is 2.71. The average molecular weight is 388 g/mol. The van der Waals surface area contributed by atoms with Gasteiger partial charge in [-0.05, 0) is 0 Å². The van der Waals surface area contributed by atoms with Gasteiger partial charge < -0.3 is 14.7 Å². The van der Waals surface area contributed by atoms with Gasteiger partial charge in [-0.3, -0.25) is 9.11 Å². The van der Waals surface area contributed by atoms with Crippen LogP contribution in [0.4, 0.5) is 0 Å². The number of unbranched alkanes of at least 4 members (excludes halogenated alkanes) is 9. The summed E-state index contributed by atoms with van der Waals surface area (Å²) in [5.74, 6) is 0. The van der Waals surface area contributed by atoms with E-state index in [-0.39, 0.29) is 0 Å². The average Bonchev–Trinajstić information content (AvgIpc) is 2.33. The van der Waals surface area contributed by atoms with E-state index in [4.69, 9.17) is 36.8 Å². The molecule has 8 nitrogen and oxygen atoms in total. The van der Waals surface area contributed by atoms with Crippen molar-refractivity contribution in [2.24, 2.45) is 0 Å². The normalized spacial score (nSPS) is 11.1. The van der Waals surface area contributed by atoms with Crippen molar-refractivity contribution in [1.82, 2.24) is 0 Å². The van der Waals surface area contributed by atoms with Gasteiger partial charge in [-0.25, -0.2) is 4.57 Å². The molecule has 0 spiro atoms. The van der Waals surface area contributed by atoms with Crippen LogP contribution in [0.3, 0.4) is 0 Å². The van der Waals surface area contributed by atoms with E-state index in [1.165, 1.54) is 95.8 Å². The van der Waals surface area contributed by atoms with Crippen LogP contribution in [0.15, 0.2) is 0 Å². The Kier molecular flexibility index (Phi) is 24.2. The van der Waals surface area contributed by atoms with Crippen molar-refractivity contribution in [2.75, 3.05) is 0 Å². The second-order valence-electron chi connectivity index (χ2n) is 5.14. The van der Waals surface area contributed by atoms with E-state index in [2.05, 4.69) is 6.92 Å². The molecule has 138 valence electrons. The molecule has 0 amide bonds. The van der Waals surface area contributed by atoms with Gasteiger partial charge in [-0.15, -0.1) is 0 Å². The summed E-state index contributed by atoms with van der Waals surface area (Å²) in [7, 11) is -9.31. The molecule has 0 aliphatic rings. The zero-order valence-electron chi connectivity index (χ0n) is 14.1. The maximum Gasteiger partial charge on any atom is 0.466 e. The third-order valence-corrected chi connectivity index (χ3v) is 3.41. The van der Waals surface area contributed by atoms with Gasteiger partial charge in [0.2, 0.25) is 0 Å². The Morgan fingerprint density at radius 2 is 1.00 bits per heavy atom. The first-order chi connectivity index (χ1) is 10.4. The summed E-state index contributed by atoms with van der Waals surface area (Å²) >= 11 is 1.41. The standard InChI is InChI=1S/C12H25.Na.H3O4P.H2O4S/c1-3-5-7-9-11-12-10-8-6-4-2;;2*1-5(2,3)4/h1,3-12H2,2H3;;(H3,1,2,3,4);(H2,1,2,3,4). The van der Waals surface area contributed by atoms with Crippen molar-refractivity contribution >= 4 is 46.2 Å². The molecule has 0 saturated heterocycles. The predicted octanol–water partition coefficient (Wildman–Crippen LogP) is 2.91. The molecular weight excluding hydrogens is 358 g/mol. The Balaban J connectivity index is -0.000000329. The summed E-state index contributed by atoms with van der Waals surface area (Å²) in [5, 5.41) is 0. The fraction of sp³-hybridized carbons (Fsp3) is 1.00. The van der Waals surface area contributed by atoms with Crippen molar-refractivity contribution in [3.63, 3.8) is 0 Å². The Morgan fingerprint density at radius 3 is 1.22 bits per heavy atom. The van der Waals surface area contributed by atoms with Crippen molar-refractivity contribution in [3.05, 3.63) is 0 Å². The van der Waals surface area contributed by atoms with Crippen LogP contribution in [0.5, 0.6) is 0 Å². The number of hydrogen-bond acceptors (Lipinski definition) is 3. The van der Waals surface area contributed by atoms with Crippen LogP contribution in [0.1, 0.15) is 71.1 Å². The minimum Gasteiger partial charge on any atom is -0.303 e. The fourth-order valence-electron chi connectivity index (χ4n) is 1.74. The van der Waals surface area contributed by atoms with Crippen LogP contribution < -0.4 is 0 Å². The van der Waals surface area contributed by atoms with Crippen LogP contribution >= 0.6 is 7.82 Å². The van der Waals surface area contributed by atoms with Gasteiger partial charge in [-0.2, -0.15) is 8.42 Å². The molecular formula is C12H30NaO8PS. The zero-order chi connectivity index (χ0) is 18.8. The third kappa shape index (κ3) is 83.9. The van der Waals surface area contributed by atoms with Crippen molar-refractivity contribution in [3.8, 4) is 0 Å². The molecule has 0 aromatic heterocycles. The van der Waals surface area contributed by atoms with Gasteiger partial charge >= 0.3 is 121 Å². The topological polar surface area (TPSA) is 152 Å². The fourth-order valence-corrected chi connectivity index (χ4v) is 2.24. The van der Waals surface area contributed by atoms with E-state index < -0.39 is 18.2 Å². The summed E-state index contributed by atoms with van der Waals surface area (Å²) in [5.41, 5.74) is 0. The number of hydrogen-bond donors (Lipinski definition) is 5. The Hall–Kier alpha value is 0.980. The minimum atomic E-state index is -4.67. The molecule has 0 atom stereocenters. The SMILES string of the molecule is CCCCCCCCCCC[CH2][Na].O=P(O)(O)O.O=S(=O)(O)O. The molecule has 0 fully saturated rings. The molecule has 0 saturated carbocycles. The van der Waals surface area contributed by atoms with Crippen molar-refractivity contribution in [1.29, 1.82) is 0 Å². The number of rotatable bonds is 10. The Bertz CT molecular complexity index is 345. The van der Waals surface area contributed by atoms with E-state index in [0.717, 1.165) is 0 Å². The largest absolute Gasteiger partial charge is 0.466 e. The predicted molar refractivity (Wildman–Crippen MR) is 90.8 cm³/mol. The molecule has 23 heavy (non-hydrogen) atoms. The van der Waals surface area contributed by atoms with E-state index in [1.807, 2.05) is 0 Å². The molecule has 0 unspecified atom stereocenters. The number of phosphoric acid groups is 1. The van der Waals surface area contributed by atoms with Gasteiger partial charge in [-0.1, -0.05) is 0 Å². The Labute approximate surface area is 157 Å². The van der Waals surface area contributed by atoms with Gasteiger partial charge in [0, 0.05) is 0 Å². The molecule has 0 rings (SSSR count). The summed E-state index contributed by atoms with van der Waals surface area (Å²) in [4.78, 5) is 21.6. The quantitative estimate of drug-likeness (QED) is 0.166. The maximum atomic E-state index is 8.88. The van der Waals surface area contributed by atoms with E-state index in [0.29, 0.717) is 0 Å². The first-order valence-corrected chi connectivity index (χ1v) is 12.3. The smallest absolute Gasteiger partial charge is 0.303 e. The molecule has 11 heteroatoms. The van der Waals surface area contributed by atoms with Crippen LogP contribution in [-0.2, 0) is 15.0 Å². The minimum absolute atomic E-state index is 1.38. The van der Waals surface area contributed by atoms with Crippen molar-refractivity contribution < 1.29 is 36.8 Å². The monoisotopic (exact) mass is 388 g/mol. The molecule has 0 radical (unpaired) electrons. The van der Waals surface area contributed by atoms with Crippen LogP contribution in [-0.4, -0.2) is 60.1 Å². The van der Waals surface area contributed by atoms with Crippen LogP contribution in [0.25, 0.3) is 0 Å². The molecule has 0 aromatic carbocycles. The molecule has 0 aliphatic carbocycles. The van der Waals surface area contributed by atoms with Gasteiger partial charge in [0.15, 0.2) is 0 Å². The summed E-state index contributed by atoms with van der Waals surface area (Å²) in [6.45, 7) is 2.29. The van der Waals surface area contributed by atoms with Crippen molar-refractivity contribution in [2.45, 2.75) is 74.8 Å². The summed E-state index contributed by atoms with van der Waals surface area (Å²) < 4.78 is 42.0. The van der Waals surface area contributed by atoms with E-state index in [9.17, 15) is 0 Å². The van der Waals surface area contributed by atoms with E-state index >= 15 is 0 Å². The molecule has 0 aromatic rings. The van der Waals surface area contributed by atoms with Gasteiger partial charge in [0.25, 0.3) is 0 Å². The second-order valence-corrected chi connectivity index (χ2v) is 8.07. The second kappa shape index (κ2) is 19.3. The first kappa shape index (κ1) is 28.8. The molecule has 5 N–H and O–H groups in total. The zero-order valence-corrected chi connectivity index (χ0v) is 17.8. The van der Waals surface area contributed by atoms with Crippen LogP contribution in [0.2, 0.25) is 3.67 Å². The first-order valence-electron chi connectivity index (χ1n) is 7.90. The van der Waals surface area contributed by atoms with Crippen LogP contribution in [0, 0.1) is 0 Å². The Morgan fingerprint density at radius 1 is 0.783 bits per heavy atom. The summed E-state index contributed by atoms with van der Waals surface area (Å²) in [6.07, 6.45) is 14.7. The van der Waals surface area contributed by atoms with E-state index in [1.54, 1.807) is 0 Å². The molecule has 0 bridgehead atoms. The van der Waals surface area contributed by atoms with Gasteiger partial charge in [0.1, 0.15) is 0 Å². The van der Waals surface area contributed by atoms with Gasteiger partial charge in [0.05, 0.1) is 0 Å². The molecule has 0 heterocycles. The molecule has 0 aliphatic heterocycles. The maximum absolute atomic E-state index is 8.88. The summed E-state index contributed by atoms with van der Waals surface area (Å²) in [6, 6.07) is 0.